The highest BCUT2D eigenvalue weighted by Gasteiger charge is 2.27. The molecule has 3 heterocycles. The van der Waals surface area contributed by atoms with E-state index < -0.39 is 5.60 Å². The summed E-state index contributed by atoms with van der Waals surface area (Å²) in [5.74, 6) is 2.03. The number of hydrogen-bond donors (Lipinski definition) is 2. The van der Waals surface area contributed by atoms with Crippen molar-refractivity contribution in [1.29, 1.82) is 0 Å². The second kappa shape index (κ2) is 8.12. The summed E-state index contributed by atoms with van der Waals surface area (Å²) in [5, 5.41) is 22.3. The summed E-state index contributed by atoms with van der Waals surface area (Å²) in [4.78, 5) is 4.39. The predicted octanol–water partition coefficient (Wildman–Crippen LogP) is 4.78. The van der Waals surface area contributed by atoms with Crippen LogP contribution in [-0.4, -0.2) is 35.3 Å². The molecule has 0 spiro atoms. The number of nitrogens with one attached hydrogen (secondary N) is 1. The van der Waals surface area contributed by atoms with Gasteiger partial charge in [-0.25, -0.2) is 4.98 Å². The quantitative estimate of drug-likeness (QED) is 0.418. The Bertz CT molecular complexity index is 1200. The number of anilines is 2. The Kier molecular flexibility index (Phi) is 5.14. The van der Waals surface area contributed by atoms with E-state index in [9.17, 15) is 5.11 Å². The number of rotatable bonds is 8. The van der Waals surface area contributed by atoms with Crippen LogP contribution in [0.5, 0.6) is 11.5 Å². The lowest BCUT2D eigenvalue weighted by atomic mass is 10.1. The summed E-state index contributed by atoms with van der Waals surface area (Å²) in [6.45, 7) is 3.90. The number of aliphatic hydroxyl groups is 1. The maximum Gasteiger partial charge on any atom is 0.173 e. The lowest BCUT2D eigenvalue weighted by Crippen LogP contribution is -2.26. The molecule has 1 saturated carbocycles. The molecule has 1 aliphatic rings. The van der Waals surface area contributed by atoms with E-state index in [-0.39, 0.29) is 0 Å². The third kappa shape index (κ3) is 4.81. The maximum absolute atomic E-state index is 9.97. The number of aromatic nitrogens is 5. The molecular weight excluding hydrogens is 404 g/mol. The Labute approximate surface area is 186 Å². The van der Waals surface area contributed by atoms with E-state index in [4.69, 9.17) is 9.84 Å². The zero-order valence-electron chi connectivity index (χ0n) is 18.1. The van der Waals surface area contributed by atoms with Crippen molar-refractivity contribution in [3.05, 3.63) is 67.3 Å². The number of benzene rings is 1. The van der Waals surface area contributed by atoms with Gasteiger partial charge in [0.15, 0.2) is 5.75 Å². The van der Waals surface area contributed by atoms with Crippen molar-refractivity contribution < 1.29 is 9.84 Å². The standard InChI is InChI=1S/C24H26N6O2/c1-24(2,31)16-29-14-18(13-26-29)27-22-12-20(10-11-25-22)32-21-15-30(19-8-9-19)28-23(21)17-6-4-3-5-7-17/h3-7,10-15,19,31H,8-9,16H2,1-2H3,(H,25,27). The van der Waals surface area contributed by atoms with Crippen molar-refractivity contribution in [2.45, 2.75) is 44.9 Å². The van der Waals surface area contributed by atoms with Crippen molar-refractivity contribution in [3.8, 4) is 22.8 Å². The van der Waals surface area contributed by atoms with Crippen LogP contribution in [0.2, 0.25) is 0 Å². The molecule has 0 radical (unpaired) electrons. The number of hydrogen-bond acceptors (Lipinski definition) is 6. The summed E-state index contributed by atoms with van der Waals surface area (Å²) < 4.78 is 9.96. The molecule has 32 heavy (non-hydrogen) atoms. The third-order valence-corrected chi connectivity index (χ3v) is 5.08. The van der Waals surface area contributed by atoms with Gasteiger partial charge in [0.25, 0.3) is 0 Å². The third-order valence-electron chi connectivity index (χ3n) is 5.08. The fourth-order valence-corrected chi connectivity index (χ4v) is 3.50. The van der Waals surface area contributed by atoms with Crippen LogP contribution in [0.1, 0.15) is 32.7 Å². The average molecular weight is 431 g/mol. The van der Waals surface area contributed by atoms with Gasteiger partial charge in [-0.1, -0.05) is 30.3 Å². The first-order valence-electron chi connectivity index (χ1n) is 10.7. The molecule has 0 bridgehead atoms. The maximum atomic E-state index is 9.97. The largest absolute Gasteiger partial charge is 0.453 e. The number of nitrogens with zero attached hydrogens (tertiary/aromatic N) is 5. The lowest BCUT2D eigenvalue weighted by Gasteiger charge is -2.16. The highest BCUT2D eigenvalue weighted by molar-refractivity contribution is 5.66. The number of ether oxygens (including phenoxy) is 1. The van der Waals surface area contributed by atoms with E-state index in [0.717, 1.165) is 35.5 Å². The molecule has 1 aliphatic carbocycles. The van der Waals surface area contributed by atoms with Gasteiger partial charge in [-0.3, -0.25) is 9.36 Å². The van der Waals surface area contributed by atoms with Crippen LogP contribution in [0, 0.1) is 0 Å². The van der Waals surface area contributed by atoms with E-state index in [0.29, 0.717) is 24.2 Å². The first kappa shape index (κ1) is 20.3. The molecule has 1 aromatic carbocycles. The smallest absolute Gasteiger partial charge is 0.173 e. The van der Waals surface area contributed by atoms with Crippen LogP contribution >= 0.6 is 0 Å². The highest BCUT2D eigenvalue weighted by Crippen LogP contribution is 2.39. The normalized spacial score (nSPS) is 13.8. The van der Waals surface area contributed by atoms with Gasteiger partial charge in [0, 0.05) is 24.0 Å². The molecule has 0 amide bonds. The van der Waals surface area contributed by atoms with Crippen LogP contribution in [0.3, 0.4) is 0 Å². The van der Waals surface area contributed by atoms with Crippen LogP contribution < -0.4 is 10.1 Å². The summed E-state index contributed by atoms with van der Waals surface area (Å²) in [5.41, 5.74) is 1.80. The topological polar surface area (TPSA) is 90.0 Å². The molecule has 4 aromatic rings. The van der Waals surface area contributed by atoms with Crippen molar-refractivity contribution in [1.82, 2.24) is 24.5 Å². The van der Waals surface area contributed by atoms with E-state index in [1.807, 2.05) is 59.5 Å². The SMILES string of the molecule is CC(C)(O)Cn1cc(Nc2cc(Oc3cn(C4CC4)nc3-c3ccccc3)ccn2)cn1. The molecular formula is C24H26N6O2. The fraction of sp³-hybridized carbons (Fsp3) is 0.292. The Morgan fingerprint density at radius 3 is 2.72 bits per heavy atom. The average Bonchev–Trinajstić information content (AvgIpc) is 3.39. The van der Waals surface area contributed by atoms with Gasteiger partial charge in [-0.05, 0) is 32.8 Å². The minimum Gasteiger partial charge on any atom is -0.453 e. The molecule has 1 fully saturated rings. The van der Waals surface area contributed by atoms with Gasteiger partial charge >= 0.3 is 0 Å². The van der Waals surface area contributed by atoms with E-state index in [2.05, 4.69) is 15.4 Å². The molecule has 5 rings (SSSR count). The molecule has 0 unspecified atom stereocenters. The zero-order valence-corrected chi connectivity index (χ0v) is 18.1. The summed E-state index contributed by atoms with van der Waals surface area (Å²) in [6, 6.07) is 14.2. The molecule has 0 aliphatic heterocycles. The van der Waals surface area contributed by atoms with Crippen molar-refractivity contribution in [2.75, 3.05) is 5.32 Å². The summed E-state index contributed by atoms with van der Waals surface area (Å²) in [6.07, 6.45) is 9.52. The van der Waals surface area contributed by atoms with Crippen molar-refractivity contribution in [2.24, 2.45) is 0 Å². The van der Waals surface area contributed by atoms with Gasteiger partial charge in [-0.15, -0.1) is 0 Å². The molecule has 0 saturated heterocycles. The Hall–Kier alpha value is -3.65. The van der Waals surface area contributed by atoms with Gasteiger partial charge in [0.05, 0.1) is 36.3 Å². The second-order valence-corrected chi connectivity index (χ2v) is 8.76. The number of pyridine rings is 1. The summed E-state index contributed by atoms with van der Waals surface area (Å²) in [7, 11) is 0. The molecule has 0 atom stereocenters. The van der Waals surface area contributed by atoms with Gasteiger partial charge < -0.3 is 15.2 Å². The first-order valence-corrected chi connectivity index (χ1v) is 10.7. The van der Waals surface area contributed by atoms with E-state index in [1.54, 1.807) is 30.9 Å². The van der Waals surface area contributed by atoms with E-state index in [1.165, 1.54) is 0 Å². The second-order valence-electron chi connectivity index (χ2n) is 8.76. The Morgan fingerprint density at radius 1 is 1.16 bits per heavy atom. The zero-order chi connectivity index (χ0) is 22.1. The van der Waals surface area contributed by atoms with Crippen molar-refractivity contribution in [3.63, 3.8) is 0 Å². The van der Waals surface area contributed by atoms with Crippen LogP contribution in [0.25, 0.3) is 11.3 Å². The molecule has 8 heteroatoms. The van der Waals surface area contributed by atoms with Gasteiger partial charge in [-0.2, -0.15) is 10.2 Å². The fourth-order valence-electron chi connectivity index (χ4n) is 3.50. The minimum atomic E-state index is -0.837. The monoisotopic (exact) mass is 430 g/mol. The van der Waals surface area contributed by atoms with E-state index >= 15 is 0 Å². The van der Waals surface area contributed by atoms with Gasteiger partial charge in [0.1, 0.15) is 17.3 Å². The predicted molar refractivity (Wildman–Crippen MR) is 122 cm³/mol. The molecule has 164 valence electrons. The molecule has 8 nitrogen and oxygen atoms in total. The van der Waals surface area contributed by atoms with Crippen LogP contribution in [0.4, 0.5) is 11.5 Å². The molecule has 2 N–H and O–H groups in total. The minimum absolute atomic E-state index is 0.401. The lowest BCUT2D eigenvalue weighted by molar-refractivity contribution is 0.0578. The van der Waals surface area contributed by atoms with Crippen LogP contribution in [-0.2, 0) is 6.54 Å². The highest BCUT2D eigenvalue weighted by atomic mass is 16.5. The van der Waals surface area contributed by atoms with Crippen molar-refractivity contribution >= 4 is 11.5 Å². The Balaban J connectivity index is 1.36. The first-order chi connectivity index (χ1) is 15.4. The summed E-state index contributed by atoms with van der Waals surface area (Å²) >= 11 is 0. The van der Waals surface area contributed by atoms with Crippen LogP contribution in [0.15, 0.2) is 67.3 Å². The van der Waals surface area contributed by atoms with Gasteiger partial charge in [0.2, 0.25) is 0 Å². The Morgan fingerprint density at radius 2 is 1.97 bits per heavy atom. The molecule has 3 aromatic heterocycles.